The molecule has 1 aliphatic carbocycles. The van der Waals surface area contributed by atoms with Crippen LogP contribution >= 0.6 is 0 Å². The topological polar surface area (TPSA) is 32.3 Å². The summed E-state index contributed by atoms with van der Waals surface area (Å²) in [5.41, 5.74) is 7.34. The minimum atomic E-state index is 0.0351. The summed E-state index contributed by atoms with van der Waals surface area (Å²) in [5, 5.41) is 3.46. The number of anilines is 2. The van der Waals surface area contributed by atoms with Crippen LogP contribution in [0, 0.1) is 25.2 Å². The van der Waals surface area contributed by atoms with Crippen molar-refractivity contribution in [1.82, 2.24) is 0 Å². The van der Waals surface area contributed by atoms with Crippen LogP contribution in [-0.2, 0) is 4.79 Å². The van der Waals surface area contributed by atoms with Crippen LogP contribution in [0.4, 0.5) is 11.4 Å². The summed E-state index contributed by atoms with van der Waals surface area (Å²) in [6, 6.07) is 16.4. The van der Waals surface area contributed by atoms with Gasteiger partial charge >= 0.3 is 0 Å². The van der Waals surface area contributed by atoms with Crippen LogP contribution in [0.2, 0.25) is 0 Å². The van der Waals surface area contributed by atoms with Crippen molar-refractivity contribution in [3.63, 3.8) is 0 Å². The maximum absolute atomic E-state index is 13.6. The molecule has 1 heterocycles. The van der Waals surface area contributed by atoms with Gasteiger partial charge < -0.3 is 5.32 Å². The van der Waals surface area contributed by atoms with E-state index in [0.29, 0.717) is 5.92 Å². The molecule has 1 atom stereocenters. The molecule has 0 aromatic heterocycles. The number of allylic oxidation sites excluding steroid dienone is 2. The first-order chi connectivity index (χ1) is 13.7. The quantitative estimate of drug-likeness (QED) is 0.666. The van der Waals surface area contributed by atoms with E-state index in [2.05, 4.69) is 70.3 Å². The molecule has 0 bridgehead atoms. The Morgan fingerprint density at radius 3 is 2.34 bits per heavy atom. The Hall–Kier alpha value is -2.81. The molecule has 1 unspecified atom stereocenters. The van der Waals surface area contributed by atoms with Crippen LogP contribution < -0.4 is 10.2 Å². The van der Waals surface area contributed by atoms with Crippen molar-refractivity contribution in [2.24, 2.45) is 11.3 Å². The SMILES string of the molecule is Cc1cccc(NC2=C3CC(C(C)(C)C)CC=C3N(c3cccc(C)c3)C2=O)c1. The van der Waals surface area contributed by atoms with Gasteiger partial charge in [-0.1, -0.05) is 51.1 Å². The number of carbonyl (C=O) groups excluding carboxylic acids is 1. The van der Waals surface area contributed by atoms with Crippen molar-refractivity contribution in [2.75, 3.05) is 10.2 Å². The molecule has 1 N–H and O–H groups in total. The largest absolute Gasteiger partial charge is 0.351 e. The number of nitrogens with one attached hydrogen (secondary N) is 1. The summed E-state index contributed by atoms with van der Waals surface area (Å²) < 4.78 is 0. The van der Waals surface area contributed by atoms with Gasteiger partial charge in [-0.25, -0.2) is 0 Å². The van der Waals surface area contributed by atoms with E-state index in [1.807, 2.05) is 29.2 Å². The summed E-state index contributed by atoms with van der Waals surface area (Å²) in [4.78, 5) is 15.5. The molecule has 0 saturated carbocycles. The Morgan fingerprint density at radius 2 is 1.69 bits per heavy atom. The number of aryl methyl sites for hydroxylation is 2. The van der Waals surface area contributed by atoms with Gasteiger partial charge in [-0.3, -0.25) is 9.69 Å². The highest BCUT2D eigenvalue weighted by Gasteiger charge is 2.41. The lowest BCUT2D eigenvalue weighted by Crippen LogP contribution is -2.29. The summed E-state index contributed by atoms with van der Waals surface area (Å²) >= 11 is 0. The van der Waals surface area contributed by atoms with Crippen LogP contribution in [0.5, 0.6) is 0 Å². The molecule has 0 saturated heterocycles. The first-order valence-electron chi connectivity index (χ1n) is 10.4. The molecule has 2 aliphatic rings. The third-order valence-electron chi connectivity index (χ3n) is 6.09. The van der Waals surface area contributed by atoms with E-state index in [0.717, 1.165) is 46.7 Å². The van der Waals surface area contributed by atoms with Gasteiger partial charge in [0.05, 0.1) is 5.70 Å². The highest BCUT2D eigenvalue weighted by molar-refractivity contribution is 6.15. The van der Waals surface area contributed by atoms with E-state index in [-0.39, 0.29) is 11.3 Å². The van der Waals surface area contributed by atoms with E-state index in [1.54, 1.807) is 0 Å². The van der Waals surface area contributed by atoms with Gasteiger partial charge in [-0.15, -0.1) is 0 Å². The average Bonchev–Trinajstić information content (AvgIpc) is 2.92. The van der Waals surface area contributed by atoms with E-state index in [4.69, 9.17) is 0 Å². The number of rotatable bonds is 3. The molecule has 0 spiro atoms. The number of hydrogen-bond acceptors (Lipinski definition) is 2. The molecule has 4 rings (SSSR count). The molecular weight excluding hydrogens is 356 g/mol. The second-order valence-electron chi connectivity index (χ2n) is 9.42. The third kappa shape index (κ3) is 3.74. The molecule has 2 aromatic carbocycles. The molecule has 0 fully saturated rings. The first-order valence-corrected chi connectivity index (χ1v) is 10.4. The summed E-state index contributed by atoms with van der Waals surface area (Å²) in [7, 11) is 0. The Balaban J connectivity index is 1.79. The van der Waals surface area contributed by atoms with E-state index >= 15 is 0 Å². The summed E-state index contributed by atoms with van der Waals surface area (Å²) in [5.74, 6) is 0.550. The number of hydrogen-bond donors (Lipinski definition) is 1. The average molecular weight is 387 g/mol. The second-order valence-corrected chi connectivity index (χ2v) is 9.42. The van der Waals surface area contributed by atoms with Gasteiger partial charge in [0.15, 0.2) is 0 Å². The fraction of sp³-hybridized carbons (Fsp3) is 0.346. The lowest BCUT2D eigenvalue weighted by Gasteiger charge is -2.34. The van der Waals surface area contributed by atoms with Crippen molar-refractivity contribution < 1.29 is 4.79 Å². The van der Waals surface area contributed by atoms with Crippen molar-refractivity contribution in [3.05, 3.63) is 82.7 Å². The molecule has 1 aliphatic heterocycles. The van der Waals surface area contributed by atoms with Gasteiger partial charge in [-0.2, -0.15) is 0 Å². The highest BCUT2D eigenvalue weighted by Crippen LogP contribution is 2.46. The van der Waals surface area contributed by atoms with Gasteiger partial charge in [0.2, 0.25) is 0 Å². The number of fused-ring (bicyclic) bond motifs is 1. The number of carbonyl (C=O) groups is 1. The van der Waals surface area contributed by atoms with Gasteiger partial charge in [0.25, 0.3) is 5.91 Å². The zero-order valence-corrected chi connectivity index (χ0v) is 18.0. The van der Waals surface area contributed by atoms with Crippen LogP contribution in [0.3, 0.4) is 0 Å². The molecule has 3 heteroatoms. The maximum Gasteiger partial charge on any atom is 0.279 e. The van der Waals surface area contributed by atoms with Crippen molar-refractivity contribution in [2.45, 2.75) is 47.5 Å². The predicted molar refractivity (Wildman–Crippen MR) is 121 cm³/mol. The van der Waals surface area contributed by atoms with Crippen LogP contribution in [0.25, 0.3) is 0 Å². The maximum atomic E-state index is 13.6. The van der Waals surface area contributed by atoms with E-state index in [9.17, 15) is 4.79 Å². The van der Waals surface area contributed by atoms with Gasteiger partial charge in [-0.05, 0) is 73.4 Å². The predicted octanol–water partition coefficient (Wildman–Crippen LogP) is 6.36. The Labute approximate surface area is 174 Å². The monoisotopic (exact) mass is 386 g/mol. The Kier molecular flexibility index (Phi) is 4.85. The van der Waals surface area contributed by atoms with Crippen LogP contribution in [0.1, 0.15) is 44.7 Å². The summed E-state index contributed by atoms with van der Waals surface area (Å²) in [6.45, 7) is 11.0. The molecular formula is C26H30N2O. The van der Waals surface area contributed by atoms with Crippen molar-refractivity contribution in [1.29, 1.82) is 0 Å². The van der Waals surface area contributed by atoms with Gasteiger partial charge in [0, 0.05) is 16.9 Å². The van der Waals surface area contributed by atoms with Crippen molar-refractivity contribution >= 4 is 17.3 Å². The number of nitrogens with zero attached hydrogens (tertiary/aromatic N) is 1. The Morgan fingerprint density at radius 1 is 1.00 bits per heavy atom. The molecule has 150 valence electrons. The second kappa shape index (κ2) is 7.22. The molecule has 2 aromatic rings. The zero-order valence-electron chi connectivity index (χ0n) is 18.0. The smallest absolute Gasteiger partial charge is 0.279 e. The molecule has 0 radical (unpaired) electrons. The Bertz CT molecular complexity index is 1020. The molecule has 29 heavy (non-hydrogen) atoms. The first kappa shape index (κ1) is 19.5. The fourth-order valence-corrected chi connectivity index (χ4v) is 4.30. The third-order valence-corrected chi connectivity index (χ3v) is 6.09. The van der Waals surface area contributed by atoms with Crippen molar-refractivity contribution in [3.8, 4) is 0 Å². The lowest BCUT2D eigenvalue weighted by atomic mass is 9.72. The fourth-order valence-electron chi connectivity index (χ4n) is 4.30. The van der Waals surface area contributed by atoms with E-state index < -0.39 is 0 Å². The number of amides is 1. The van der Waals surface area contributed by atoms with E-state index in [1.165, 1.54) is 5.56 Å². The standard InChI is InChI=1S/C26H30N2O/c1-17-8-6-10-20(14-17)27-24-22-16-19(26(3,4)5)12-13-23(22)28(25(24)29)21-11-7-9-18(2)15-21/h6-11,13-15,19,27H,12,16H2,1-5H3. The molecule has 1 amide bonds. The normalized spacial score (nSPS) is 19.3. The lowest BCUT2D eigenvalue weighted by molar-refractivity contribution is -0.114. The minimum Gasteiger partial charge on any atom is -0.351 e. The highest BCUT2D eigenvalue weighted by atomic mass is 16.2. The molecule has 3 nitrogen and oxygen atoms in total. The van der Waals surface area contributed by atoms with Crippen LogP contribution in [0.15, 0.2) is 71.6 Å². The van der Waals surface area contributed by atoms with Crippen LogP contribution in [-0.4, -0.2) is 5.91 Å². The zero-order chi connectivity index (χ0) is 20.8. The summed E-state index contributed by atoms with van der Waals surface area (Å²) in [6.07, 6.45) is 4.17. The van der Waals surface area contributed by atoms with Gasteiger partial charge in [0.1, 0.15) is 5.70 Å². The minimum absolute atomic E-state index is 0.0351. The number of benzene rings is 2.